The van der Waals surface area contributed by atoms with E-state index in [0.29, 0.717) is 24.0 Å². The van der Waals surface area contributed by atoms with Gasteiger partial charge in [0.15, 0.2) is 5.78 Å². The van der Waals surface area contributed by atoms with Crippen LogP contribution >= 0.6 is 0 Å². The van der Waals surface area contributed by atoms with Gasteiger partial charge in [0.05, 0.1) is 11.4 Å². The fourth-order valence-corrected chi connectivity index (χ4v) is 6.28. The van der Waals surface area contributed by atoms with Gasteiger partial charge in [0.25, 0.3) is 0 Å². The lowest BCUT2D eigenvalue weighted by Crippen LogP contribution is -2.54. The first-order chi connectivity index (χ1) is 17.8. The summed E-state index contributed by atoms with van der Waals surface area (Å²) < 4.78 is 16.1. The van der Waals surface area contributed by atoms with E-state index in [1.807, 2.05) is 28.8 Å². The number of likely N-dealkylation sites (tertiary alicyclic amines) is 1. The van der Waals surface area contributed by atoms with Crippen molar-refractivity contribution in [2.45, 2.75) is 44.6 Å². The molecule has 0 radical (unpaired) electrons. The van der Waals surface area contributed by atoms with Crippen LogP contribution in [-0.4, -0.2) is 66.4 Å². The molecule has 6 nitrogen and oxygen atoms in total. The molecule has 0 saturated carbocycles. The summed E-state index contributed by atoms with van der Waals surface area (Å²) in [5, 5.41) is 2.87. The molecule has 7 heteroatoms. The highest BCUT2D eigenvalue weighted by Gasteiger charge is 2.40. The lowest BCUT2D eigenvalue weighted by Gasteiger charge is -2.47. The van der Waals surface area contributed by atoms with E-state index in [4.69, 9.17) is 0 Å². The van der Waals surface area contributed by atoms with Crippen molar-refractivity contribution in [2.75, 3.05) is 45.3 Å². The van der Waals surface area contributed by atoms with Crippen molar-refractivity contribution in [3.8, 4) is 0 Å². The third kappa shape index (κ3) is 4.65. The van der Waals surface area contributed by atoms with E-state index in [9.17, 15) is 14.0 Å². The summed E-state index contributed by atoms with van der Waals surface area (Å²) >= 11 is 0. The number of halogens is 1. The molecule has 196 valence electrons. The lowest BCUT2D eigenvalue weighted by molar-refractivity contribution is -0.138. The second-order valence-corrected chi connectivity index (χ2v) is 10.7. The monoisotopic (exact) mass is 504 g/mol. The van der Waals surface area contributed by atoms with Gasteiger partial charge < -0.3 is 9.91 Å². The van der Waals surface area contributed by atoms with Crippen LogP contribution in [0.4, 0.5) is 4.39 Å². The number of carbonyl (C=O) groups is 2. The number of piperidine rings is 2. The zero-order valence-corrected chi connectivity index (χ0v) is 22.1. The highest BCUT2D eigenvalue weighted by molar-refractivity contribution is 6.08. The fraction of sp³-hybridized carbons (Fsp3) is 0.467. The van der Waals surface area contributed by atoms with Crippen LogP contribution in [0.5, 0.6) is 0 Å². The molecule has 3 aromatic rings. The first-order valence-corrected chi connectivity index (χ1v) is 13.4. The average Bonchev–Trinajstić information content (AvgIpc) is 3.31. The zero-order chi connectivity index (χ0) is 26.2. The van der Waals surface area contributed by atoms with Crippen molar-refractivity contribution >= 4 is 22.6 Å². The molecule has 0 bridgehead atoms. The van der Waals surface area contributed by atoms with Crippen molar-refractivity contribution in [3.05, 3.63) is 71.7 Å². The first-order valence-electron chi connectivity index (χ1n) is 13.4. The predicted molar refractivity (Wildman–Crippen MR) is 145 cm³/mol. The van der Waals surface area contributed by atoms with Gasteiger partial charge in [-0.05, 0) is 57.5 Å². The minimum Gasteiger partial charge on any atom is -0.342 e. The molecule has 2 aliphatic heterocycles. The molecule has 0 N–H and O–H groups in total. The average molecular weight is 505 g/mol. The Morgan fingerprint density at radius 1 is 1.05 bits per heavy atom. The van der Waals surface area contributed by atoms with Crippen LogP contribution in [0.1, 0.15) is 54.9 Å². The van der Waals surface area contributed by atoms with Gasteiger partial charge in [-0.3, -0.25) is 19.2 Å². The Balaban J connectivity index is 1.33. The van der Waals surface area contributed by atoms with Gasteiger partial charge in [0.1, 0.15) is 5.82 Å². The van der Waals surface area contributed by atoms with Gasteiger partial charge in [0, 0.05) is 61.4 Å². The van der Waals surface area contributed by atoms with Gasteiger partial charge in [0.2, 0.25) is 5.91 Å². The SMILES string of the molecule is CCC(=O)c1cn(N2CCCC(C(=O)N3CCC(c4ccccc4)(N(C)C)CC3)C2)c2cc(F)ccc12. The highest BCUT2D eigenvalue weighted by atomic mass is 19.1. The molecule has 3 heterocycles. The molecule has 2 fully saturated rings. The van der Waals surface area contributed by atoms with Crippen LogP contribution in [-0.2, 0) is 10.3 Å². The van der Waals surface area contributed by atoms with E-state index in [2.05, 4.69) is 48.3 Å². The fourth-order valence-electron chi connectivity index (χ4n) is 6.28. The molecule has 1 atom stereocenters. The van der Waals surface area contributed by atoms with Gasteiger partial charge in [-0.2, -0.15) is 0 Å². The van der Waals surface area contributed by atoms with Crippen molar-refractivity contribution in [2.24, 2.45) is 5.92 Å². The number of aromatic nitrogens is 1. The van der Waals surface area contributed by atoms with Crippen LogP contribution in [0, 0.1) is 11.7 Å². The van der Waals surface area contributed by atoms with Crippen LogP contribution in [0.25, 0.3) is 10.9 Å². The second kappa shape index (κ2) is 10.3. The number of rotatable bonds is 6. The maximum atomic E-state index is 14.2. The summed E-state index contributed by atoms with van der Waals surface area (Å²) in [5.41, 5.74) is 2.54. The molecule has 2 aliphatic rings. The third-order valence-electron chi connectivity index (χ3n) is 8.49. The third-order valence-corrected chi connectivity index (χ3v) is 8.49. The number of fused-ring (bicyclic) bond motifs is 1. The molecular weight excluding hydrogens is 467 g/mol. The Hall–Kier alpha value is -3.19. The van der Waals surface area contributed by atoms with E-state index in [0.717, 1.165) is 50.7 Å². The number of Topliss-reactive ketones (excluding diaryl/α,β-unsaturated/α-hetero) is 1. The standard InChI is InChI=1S/C30H37FN4O2/c1-4-28(36)26-21-35(27-19-24(31)12-13-25(26)27)34-16-8-9-22(20-34)29(37)33-17-14-30(15-18-33,32(2)3)23-10-6-5-7-11-23/h5-7,10-13,19,21-22H,4,8-9,14-18,20H2,1-3H3. The van der Waals surface area contributed by atoms with Gasteiger partial charge in [-0.15, -0.1) is 0 Å². The maximum absolute atomic E-state index is 14.2. The molecule has 2 saturated heterocycles. The molecule has 1 aromatic heterocycles. The predicted octanol–water partition coefficient (Wildman–Crippen LogP) is 4.80. The second-order valence-electron chi connectivity index (χ2n) is 10.7. The quantitative estimate of drug-likeness (QED) is 0.453. The number of nitrogens with zero attached hydrogens (tertiary/aromatic N) is 4. The Morgan fingerprint density at radius 2 is 1.78 bits per heavy atom. The Labute approximate surface area is 218 Å². The smallest absolute Gasteiger partial charge is 0.227 e. The van der Waals surface area contributed by atoms with Crippen molar-refractivity contribution in [3.63, 3.8) is 0 Å². The summed E-state index contributed by atoms with van der Waals surface area (Å²) in [5.74, 6) is -0.203. The molecule has 37 heavy (non-hydrogen) atoms. The number of hydrogen-bond acceptors (Lipinski definition) is 4. The van der Waals surface area contributed by atoms with E-state index >= 15 is 0 Å². The summed E-state index contributed by atoms with van der Waals surface area (Å²) in [7, 11) is 4.26. The van der Waals surface area contributed by atoms with E-state index in [-0.39, 0.29) is 29.0 Å². The van der Waals surface area contributed by atoms with Crippen LogP contribution < -0.4 is 5.01 Å². The Bertz CT molecular complexity index is 1280. The largest absolute Gasteiger partial charge is 0.342 e. The summed E-state index contributed by atoms with van der Waals surface area (Å²) in [6, 6.07) is 15.2. The molecule has 0 aliphatic carbocycles. The van der Waals surface area contributed by atoms with E-state index < -0.39 is 0 Å². The summed E-state index contributed by atoms with van der Waals surface area (Å²) in [4.78, 5) is 30.6. The Kier molecular flexibility index (Phi) is 7.08. The van der Waals surface area contributed by atoms with Crippen molar-refractivity contribution < 1.29 is 14.0 Å². The van der Waals surface area contributed by atoms with Gasteiger partial charge in [-0.1, -0.05) is 37.3 Å². The number of hydrogen-bond donors (Lipinski definition) is 0. The minimum atomic E-state index is -0.330. The molecule has 1 unspecified atom stereocenters. The minimum absolute atomic E-state index is 0.0381. The van der Waals surface area contributed by atoms with Gasteiger partial charge in [-0.25, -0.2) is 4.39 Å². The number of amides is 1. The van der Waals surface area contributed by atoms with Gasteiger partial charge >= 0.3 is 0 Å². The molecule has 5 rings (SSSR count). The van der Waals surface area contributed by atoms with Crippen LogP contribution in [0.15, 0.2) is 54.7 Å². The summed E-state index contributed by atoms with van der Waals surface area (Å²) in [6.45, 7) is 4.63. The zero-order valence-electron chi connectivity index (χ0n) is 22.1. The number of carbonyl (C=O) groups excluding carboxylic acids is 2. The maximum Gasteiger partial charge on any atom is 0.227 e. The molecular formula is C30H37FN4O2. The summed E-state index contributed by atoms with van der Waals surface area (Å²) in [6.07, 6.45) is 5.74. The first kappa shape index (κ1) is 25.5. The van der Waals surface area contributed by atoms with Crippen molar-refractivity contribution in [1.29, 1.82) is 0 Å². The lowest BCUT2D eigenvalue weighted by atomic mass is 9.79. The van der Waals surface area contributed by atoms with Crippen LogP contribution in [0.2, 0.25) is 0 Å². The topological polar surface area (TPSA) is 48.8 Å². The Morgan fingerprint density at radius 3 is 2.46 bits per heavy atom. The highest BCUT2D eigenvalue weighted by Crippen LogP contribution is 2.38. The number of benzene rings is 2. The van der Waals surface area contributed by atoms with Crippen molar-refractivity contribution in [1.82, 2.24) is 14.5 Å². The molecule has 1 amide bonds. The molecule has 2 aromatic carbocycles. The van der Waals surface area contributed by atoms with E-state index in [1.54, 1.807) is 6.07 Å². The van der Waals surface area contributed by atoms with Crippen LogP contribution in [0.3, 0.4) is 0 Å². The normalized spacial score (nSPS) is 20.0. The number of ketones is 1. The van der Waals surface area contributed by atoms with E-state index in [1.165, 1.54) is 17.7 Å². The molecule has 0 spiro atoms.